The van der Waals surface area contributed by atoms with Crippen LogP contribution in [0, 0.1) is 0 Å². The van der Waals surface area contributed by atoms with Crippen LogP contribution >= 0.6 is 0 Å². The average molecular weight is 190 g/mol. The average Bonchev–Trinajstić information content (AvgIpc) is 2.01. The van der Waals surface area contributed by atoms with Crippen LogP contribution in [0.1, 0.15) is 20.8 Å². The number of hydrogen-bond donors (Lipinski definition) is 0. The van der Waals surface area contributed by atoms with Gasteiger partial charge in [0.25, 0.3) is 0 Å². The number of rotatable bonds is 5. The molecule has 0 radical (unpaired) electrons. The summed E-state index contributed by atoms with van der Waals surface area (Å²) in [5.41, 5.74) is -0.158. The van der Waals surface area contributed by atoms with Crippen LogP contribution in [-0.4, -0.2) is 38.5 Å². The lowest BCUT2D eigenvalue weighted by Crippen LogP contribution is -2.22. The molecule has 0 fully saturated rings. The van der Waals surface area contributed by atoms with Gasteiger partial charge in [-0.1, -0.05) is 0 Å². The molecule has 0 aliphatic carbocycles. The van der Waals surface area contributed by atoms with Crippen LogP contribution in [0.5, 0.6) is 0 Å². The molecular weight excluding hydrogens is 172 g/mol. The predicted octanol–water partition coefficient (Wildman–Crippen LogP) is 0.991. The molecule has 4 nitrogen and oxygen atoms in total. The van der Waals surface area contributed by atoms with Gasteiger partial charge in [0.15, 0.2) is 0 Å². The molecule has 0 N–H and O–H groups in total. The van der Waals surface area contributed by atoms with Crippen molar-refractivity contribution >= 4 is 5.97 Å². The summed E-state index contributed by atoms with van der Waals surface area (Å²) in [4.78, 5) is 10.6. The molecular formula is C9H18O4. The lowest BCUT2D eigenvalue weighted by atomic mass is 10.2. The van der Waals surface area contributed by atoms with E-state index in [4.69, 9.17) is 9.47 Å². The molecule has 0 aromatic heterocycles. The van der Waals surface area contributed by atoms with Gasteiger partial charge in [-0.25, -0.2) is 4.79 Å². The number of carbonyl (C=O) groups is 1. The molecule has 0 rings (SSSR count). The Balaban J connectivity index is 3.22. The van der Waals surface area contributed by atoms with E-state index in [1.807, 2.05) is 20.8 Å². The number of ether oxygens (including phenoxy) is 3. The Morgan fingerprint density at radius 3 is 2.31 bits per heavy atom. The Morgan fingerprint density at radius 1 is 1.23 bits per heavy atom. The molecule has 0 saturated heterocycles. The lowest BCUT2D eigenvalue weighted by molar-refractivity contribution is -0.146. The van der Waals surface area contributed by atoms with E-state index in [9.17, 15) is 4.79 Å². The van der Waals surface area contributed by atoms with Crippen LogP contribution < -0.4 is 0 Å². The van der Waals surface area contributed by atoms with Crippen molar-refractivity contribution in [3.63, 3.8) is 0 Å². The van der Waals surface area contributed by atoms with Crippen LogP contribution in [0.25, 0.3) is 0 Å². The predicted molar refractivity (Wildman–Crippen MR) is 48.5 cm³/mol. The van der Waals surface area contributed by atoms with Crippen molar-refractivity contribution in [1.82, 2.24) is 0 Å². The first-order valence-corrected chi connectivity index (χ1v) is 4.24. The molecule has 13 heavy (non-hydrogen) atoms. The van der Waals surface area contributed by atoms with Crippen molar-refractivity contribution in [2.24, 2.45) is 0 Å². The third-order valence-electron chi connectivity index (χ3n) is 1.21. The molecule has 0 bridgehead atoms. The topological polar surface area (TPSA) is 44.8 Å². The molecule has 0 saturated carbocycles. The molecule has 0 unspecified atom stereocenters. The van der Waals surface area contributed by atoms with Crippen molar-refractivity contribution in [3.05, 3.63) is 0 Å². The number of hydrogen-bond acceptors (Lipinski definition) is 4. The fourth-order valence-corrected chi connectivity index (χ4v) is 0.621. The third-order valence-corrected chi connectivity index (χ3v) is 1.21. The minimum atomic E-state index is -0.365. The first-order chi connectivity index (χ1) is 5.95. The zero-order valence-electron chi connectivity index (χ0n) is 8.75. The summed E-state index contributed by atoms with van der Waals surface area (Å²) < 4.78 is 14.7. The van der Waals surface area contributed by atoms with Crippen LogP contribution in [0.15, 0.2) is 0 Å². The van der Waals surface area contributed by atoms with E-state index < -0.39 is 0 Å². The summed E-state index contributed by atoms with van der Waals surface area (Å²) >= 11 is 0. The van der Waals surface area contributed by atoms with Gasteiger partial charge in [0.1, 0.15) is 6.61 Å². The summed E-state index contributed by atoms with van der Waals surface area (Å²) in [5.74, 6) is -0.365. The zero-order valence-corrected chi connectivity index (χ0v) is 8.75. The summed E-state index contributed by atoms with van der Waals surface area (Å²) in [6, 6.07) is 0. The molecule has 0 spiro atoms. The fraction of sp³-hybridized carbons (Fsp3) is 0.889. The highest BCUT2D eigenvalue weighted by Crippen LogP contribution is 2.05. The molecule has 0 atom stereocenters. The van der Waals surface area contributed by atoms with Crippen LogP contribution in [0.4, 0.5) is 0 Å². The van der Waals surface area contributed by atoms with Crippen LogP contribution in [0.2, 0.25) is 0 Å². The highest BCUT2D eigenvalue weighted by atomic mass is 16.6. The minimum absolute atomic E-state index is 0.00992. The van der Waals surface area contributed by atoms with E-state index in [1.54, 1.807) is 0 Å². The maximum Gasteiger partial charge on any atom is 0.331 e. The molecule has 4 heteroatoms. The van der Waals surface area contributed by atoms with E-state index in [1.165, 1.54) is 7.11 Å². The van der Waals surface area contributed by atoms with Gasteiger partial charge in [-0.05, 0) is 20.8 Å². The fourth-order valence-electron chi connectivity index (χ4n) is 0.621. The number of methoxy groups -OCH3 is 1. The molecule has 78 valence electrons. The van der Waals surface area contributed by atoms with Crippen molar-refractivity contribution in [1.29, 1.82) is 0 Å². The van der Waals surface area contributed by atoms with Gasteiger partial charge in [-0.3, -0.25) is 0 Å². The van der Waals surface area contributed by atoms with E-state index >= 15 is 0 Å². The third kappa shape index (κ3) is 9.30. The molecule has 0 aromatic carbocycles. The first kappa shape index (κ1) is 12.4. The molecule has 0 heterocycles. The quantitative estimate of drug-likeness (QED) is 0.479. The highest BCUT2D eigenvalue weighted by Gasteiger charge is 2.09. The Bertz CT molecular complexity index is 148. The maximum absolute atomic E-state index is 10.6. The van der Waals surface area contributed by atoms with Gasteiger partial charge in [-0.2, -0.15) is 0 Å². The van der Waals surface area contributed by atoms with Crippen molar-refractivity contribution in [3.8, 4) is 0 Å². The molecule has 0 amide bonds. The zero-order chi connectivity index (χ0) is 10.3. The van der Waals surface area contributed by atoms with Crippen molar-refractivity contribution < 1.29 is 19.0 Å². The summed E-state index contributed by atoms with van der Waals surface area (Å²) in [6.07, 6.45) is 0. The second-order valence-corrected chi connectivity index (χ2v) is 3.59. The van der Waals surface area contributed by atoms with Crippen LogP contribution in [-0.2, 0) is 19.0 Å². The molecule has 0 aliphatic rings. The van der Waals surface area contributed by atoms with E-state index in [0.29, 0.717) is 13.2 Å². The SMILES string of the molecule is COC(=O)COCCOC(C)(C)C. The Morgan fingerprint density at radius 2 is 1.85 bits per heavy atom. The summed E-state index contributed by atoms with van der Waals surface area (Å²) in [6.45, 7) is 6.78. The van der Waals surface area contributed by atoms with E-state index in [0.717, 1.165) is 0 Å². The smallest absolute Gasteiger partial charge is 0.331 e. The Labute approximate surface area is 79.2 Å². The second kappa shape index (κ2) is 5.94. The van der Waals surface area contributed by atoms with E-state index in [-0.39, 0.29) is 18.2 Å². The number of esters is 1. The van der Waals surface area contributed by atoms with Gasteiger partial charge >= 0.3 is 5.97 Å². The maximum atomic E-state index is 10.6. The summed E-state index contributed by atoms with van der Waals surface area (Å²) in [7, 11) is 1.33. The molecule has 0 aromatic rings. The van der Waals surface area contributed by atoms with Crippen molar-refractivity contribution in [2.45, 2.75) is 26.4 Å². The minimum Gasteiger partial charge on any atom is -0.467 e. The lowest BCUT2D eigenvalue weighted by Gasteiger charge is -2.19. The number of carbonyl (C=O) groups excluding carboxylic acids is 1. The second-order valence-electron chi connectivity index (χ2n) is 3.59. The van der Waals surface area contributed by atoms with Gasteiger partial charge in [0.05, 0.1) is 25.9 Å². The first-order valence-electron chi connectivity index (χ1n) is 4.24. The standard InChI is InChI=1S/C9H18O4/c1-9(2,3)13-6-5-12-7-8(10)11-4/h5-7H2,1-4H3. The molecule has 0 aliphatic heterocycles. The van der Waals surface area contributed by atoms with Gasteiger partial charge in [0, 0.05) is 0 Å². The normalized spacial score (nSPS) is 11.4. The largest absolute Gasteiger partial charge is 0.467 e. The van der Waals surface area contributed by atoms with Gasteiger partial charge in [0.2, 0.25) is 0 Å². The van der Waals surface area contributed by atoms with E-state index in [2.05, 4.69) is 4.74 Å². The monoisotopic (exact) mass is 190 g/mol. The summed E-state index contributed by atoms with van der Waals surface area (Å²) in [5, 5.41) is 0. The Hall–Kier alpha value is -0.610. The highest BCUT2D eigenvalue weighted by molar-refractivity contribution is 5.70. The van der Waals surface area contributed by atoms with Gasteiger partial charge in [-0.15, -0.1) is 0 Å². The Kier molecular flexibility index (Phi) is 5.66. The van der Waals surface area contributed by atoms with Crippen molar-refractivity contribution in [2.75, 3.05) is 26.9 Å². The van der Waals surface area contributed by atoms with Gasteiger partial charge < -0.3 is 14.2 Å². The van der Waals surface area contributed by atoms with Crippen LogP contribution in [0.3, 0.4) is 0 Å².